The summed E-state index contributed by atoms with van der Waals surface area (Å²) in [6, 6.07) is 9.84. The first-order valence-corrected chi connectivity index (χ1v) is 9.87. The van der Waals surface area contributed by atoms with Gasteiger partial charge in [-0.2, -0.15) is 0 Å². The summed E-state index contributed by atoms with van der Waals surface area (Å²) in [7, 11) is 0. The molecule has 5 nitrogen and oxygen atoms in total. The number of nitrogens with zero attached hydrogens (tertiary/aromatic N) is 4. The molecule has 4 aromatic heterocycles. The Labute approximate surface area is 180 Å². The Morgan fingerprint density at radius 3 is 2.59 bits per heavy atom. The van der Waals surface area contributed by atoms with Crippen LogP contribution in [0.2, 0.25) is 0 Å². The zero-order valence-corrected chi connectivity index (χ0v) is 18.4. The fraction of sp³-hybridized carbons (Fsp3) is 0.227. The molecular formula is C22H22ClN5S. The van der Waals surface area contributed by atoms with Crippen molar-refractivity contribution in [2.24, 2.45) is 0 Å². The molecule has 0 bridgehead atoms. The highest BCUT2D eigenvalue weighted by Gasteiger charge is 2.21. The Kier molecular flexibility index (Phi) is 5.92. The van der Waals surface area contributed by atoms with E-state index in [-0.39, 0.29) is 17.9 Å². The molecule has 7 heteroatoms. The molecule has 0 saturated heterocycles. The second-order valence-electron chi connectivity index (χ2n) is 7.52. The number of hydrogen-bond donors (Lipinski definition) is 1. The number of hydrogen-bond acceptors (Lipinski definition) is 5. The van der Waals surface area contributed by atoms with Gasteiger partial charge in [-0.1, -0.05) is 6.07 Å². The lowest BCUT2D eigenvalue weighted by Crippen LogP contribution is -2.27. The number of anilines is 1. The van der Waals surface area contributed by atoms with Crippen molar-refractivity contribution in [3.05, 3.63) is 65.2 Å². The van der Waals surface area contributed by atoms with Gasteiger partial charge in [-0.3, -0.25) is 9.38 Å². The molecule has 0 aliphatic rings. The summed E-state index contributed by atoms with van der Waals surface area (Å²) in [5, 5.41) is 3.60. The summed E-state index contributed by atoms with van der Waals surface area (Å²) in [6.45, 7) is 8.40. The van der Waals surface area contributed by atoms with Crippen LogP contribution in [0, 0.1) is 18.8 Å². The summed E-state index contributed by atoms with van der Waals surface area (Å²) in [4.78, 5) is 15.6. The topological polar surface area (TPSA) is 55.1 Å². The highest BCUT2D eigenvalue weighted by Crippen LogP contribution is 2.35. The van der Waals surface area contributed by atoms with Crippen molar-refractivity contribution in [3.63, 3.8) is 0 Å². The number of halogens is 1. The number of aryl methyl sites for hydroxylation is 1. The highest BCUT2D eigenvalue weighted by atomic mass is 35.5. The number of rotatable bonds is 2. The van der Waals surface area contributed by atoms with Gasteiger partial charge in [0.15, 0.2) is 5.65 Å². The molecule has 29 heavy (non-hydrogen) atoms. The van der Waals surface area contributed by atoms with Crippen LogP contribution in [0.15, 0.2) is 48.9 Å². The molecule has 0 amide bonds. The smallest absolute Gasteiger partial charge is 0.160 e. The number of thiophene rings is 1. The van der Waals surface area contributed by atoms with E-state index in [0.717, 1.165) is 38.3 Å². The standard InChI is InChI=1S/C22H21N5S.ClH/c1-15-20-25-19(21(26-22(2,3)4)27(20)14-13-23-15)18-11-10-17(28-18)9-8-16-7-5-6-12-24-16;/h5-7,10-14,26H,1-4H3;1H. The van der Waals surface area contributed by atoms with E-state index in [0.29, 0.717) is 0 Å². The zero-order valence-electron chi connectivity index (χ0n) is 16.7. The fourth-order valence-corrected chi connectivity index (χ4v) is 3.69. The molecule has 4 heterocycles. The minimum Gasteiger partial charge on any atom is -0.365 e. The van der Waals surface area contributed by atoms with Crippen molar-refractivity contribution < 1.29 is 0 Å². The molecule has 0 aliphatic heterocycles. The summed E-state index contributed by atoms with van der Waals surface area (Å²) in [5.41, 5.74) is 3.35. The molecule has 4 aromatic rings. The Bertz CT molecular complexity index is 1190. The van der Waals surface area contributed by atoms with Crippen LogP contribution < -0.4 is 5.32 Å². The van der Waals surface area contributed by atoms with Crippen LogP contribution in [0.1, 0.15) is 37.0 Å². The van der Waals surface area contributed by atoms with Crippen LogP contribution in [0.5, 0.6) is 0 Å². The Morgan fingerprint density at radius 1 is 1.03 bits per heavy atom. The summed E-state index contributed by atoms with van der Waals surface area (Å²) in [5.74, 6) is 7.29. The summed E-state index contributed by atoms with van der Waals surface area (Å²) < 4.78 is 2.07. The predicted octanol–water partition coefficient (Wildman–Crippen LogP) is 5.19. The van der Waals surface area contributed by atoms with Gasteiger partial charge in [-0.15, -0.1) is 23.7 Å². The Hall–Kier alpha value is -2.88. The molecule has 0 radical (unpaired) electrons. The SMILES string of the molecule is Cc1nccn2c(NC(C)(C)C)c(-c3ccc(C#Cc4ccccn4)s3)nc12.Cl. The monoisotopic (exact) mass is 423 g/mol. The van der Waals surface area contributed by atoms with E-state index in [1.165, 1.54) is 0 Å². The van der Waals surface area contributed by atoms with E-state index < -0.39 is 0 Å². The zero-order chi connectivity index (χ0) is 19.7. The van der Waals surface area contributed by atoms with E-state index in [9.17, 15) is 0 Å². The largest absolute Gasteiger partial charge is 0.365 e. The minimum absolute atomic E-state index is 0. The lowest BCUT2D eigenvalue weighted by atomic mass is 10.1. The van der Waals surface area contributed by atoms with Gasteiger partial charge >= 0.3 is 0 Å². The fourth-order valence-electron chi connectivity index (χ4n) is 2.84. The van der Waals surface area contributed by atoms with Gasteiger partial charge in [-0.05, 0) is 63.8 Å². The van der Waals surface area contributed by atoms with Crippen LogP contribution in [0.4, 0.5) is 5.82 Å². The first kappa shape index (κ1) is 20.8. The van der Waals surface area contributed by atoms with Gasteiger partial charge in [0.25, 0.3) is 0 Å². The maximum atomic E-state index is 4.89. The van der Waals surface area contributed by atoms with E-state index >= 15 is 0 Å². The van der Waals surface area contributed by atoms with Crippen LogP contribution in [-0.4, -0.2) is 24.9 Å². The molecule has 0 unspecified atom stereocenters. The molecule has 0 aliphatic carbocycles. The number of imidazole rings is 1. The molecule has 1 N–H and O–H groups in total. The summed E-state index contributed by atoms with van der Waals surface area (Å²) >= 11 is 1.63. The number of nitrogens with one attached hydrogen (secondary N) is 1. The van der Waals surface area contributed by atoms with E-state index in [2.05, 4.69) is 58.4 Å². The quantitative estimate of drug-likeness (QED) is 0.450. The average molecular weight is 424 g/mol. The molecule has 0 aromatic carbocycles. The van der Waals surface area contributed by atoms with E-state index in [1.807, 2.05) is 37.4 Å². The van der Waals surface area contributed by atoms with Crippen molar-refractivity contribution in [1.82, 2.24) is 19.4 Å². The number of fused-ring (bicyclic) bond motifs is 1. The van der Waals surface area contributed by atoms with E-state index in [4.69, 9.17) is 4.98 Å². The van der Waals surface area contributed by atoms with Crippen molar-refractivity contribution in [2.75, 3.05) is 5.32 Å². The van der Waals surface area contributed by atoms with Gasteiger partial charge in [0.1, 0.15) is 17.2 Å². The van der Waals surface area contributed by atoms with Crippen molar-refractivity contribution >= 4 is 35.2 Å². The third kappa shape index (κ3) is 4.58. The lowest BCUT2D eigenvalue weighted by molar-refractivity contribution is 0.629. The Balaban J connectivity index is 0.00000240. The Morgan fingerprint density at radius 2 is 1.86 bits per heavy atom. The first-order chi connectivity index (χ1) is 13.4. The third-order valence-electron chi connectivity index (χ3n) is 4.03. The molecule has 0 atom stereocenters. The first-order valence-electron chi connectivity index (χ1n) is 9.06. The van der Waals surface area contributed by atoms with Crippen LogP contribution in [-0.2, 0) is 0 Å². The van der Waals surface area contributed by atoms with Crippen LogP contribution >= 0.6 is 23.7 Å². The van der Waals surface area contributed by atoms with Crippen molar-refractivity contribution in [3.8, 4) is 22.4 Å². The predicted molar refractivity (Wildman–Crippen MR) is 122 cm³/mol. The van der Waals surface area contributed by atoms with Gasteiger partial charge in [0, 0.05) is 24.1 Å². The number of pyridine rings is 1. The van der Waals surface area contributed by atoms with Crippen LogP contribution in [0.3, 0.4) is 0 Å². The number of aromatic nitrogens is 4. The molecule has 0 fully saturated rings. The normalized spacial score (nSPS) is 10.9. The van der Waals surface area contributed by atoms with Gasteiger partial charge in [0.2, 0.25) is 0 Å². The second-order valence-corrected chi connectivity index (χ2v) is 8.60. The lowest BCUT2D eigenvalue weighted by Gasteiger charge is -2.22. The van der Waals surface area contributed by atoms with Crippen molar-refractivity contribution in [2.45, 2.75) is 33.2 Å². The van der Waals surface area contributed by atoms with E-state index in [1.54, 1.807) is 23.7 Å². The van der Waals surface area contributed by atoms with Gasteiger partial charge in [-0.25, -0.2) is 9.97 Å². The minimum atomic E-state index is -0.0965. The van der Waals surface area contributed by atoms with Gasteiger partial charge in [0.05, 0.1) is 15.4 Å². The third-order valence-corrected chi connectivity index (χ3v) is 5.04. The summed E-state index contributed by atoms with van der Waals surface area (Å²) in [6.07, 6.45) is 5.50. The molecule has 148 valence electrons. The molecular weight excluding hydrogens is 402 g/mol. The van der Waals surface area contributed by atoms with Crippen molar-refractivity contribution in [1.29, 1.82) is 0 Å². The second kappa shape index (κ2) is 8.24. The van der Waals surface area contributed by atoms with Gasteiger partial charge < -0.3 is 5.32 Å². The average Bonchev–Trinajstić information content (AvgIpc) is 3.26. The molecule has 4 rings (SSSR count). The molecule has 0 saturated carbocycles. The maximum absolute atomic E-state index is 4.89. The molecule has 0 spiro atoms. The highest BCUT2D eigenvalue weighted by molar-refractivity contribution is 7.16. The maximum Gasteiger partial charge on any atom is 0.160 e. The van der Waals surface area contributed by atoms with Crippen LogP contribution in [0.25, 0.3) is 16.2 Å².